The Bertz CT molecular complexity index is 418. The van der Waals surface area contributed by atoms with Gasteiger partial charge >= 0.3 is 6.18 Å². The summed E-state index contributed by atoms with van der Waals surface area (Å²) >= 11 is 0. The molecule has 8 heteroatoms. The molecular weight excluding hydrogens is 263 g/mol. The number of ether oxygens (including phenoxy) is 1. The molecule has 0 atom stereocenters. The Hall–Kier alpha value is -1.96. The largest absolute Gasteiger partial charge is 0.492 e. The first kappa shape index (κ1) is 15.1. The summed E-state index contributed by atoms with van der Waals surface area (Å²) in [6.45, 7) is -0.848. The molecule has 0 spiro atoms. The summed E-state index contributed by atoms with van der Waals surface area (Å²) in [7, 11) is 0. The highest BCUT2D eigenvalue weighted by Gasteiger charge is 2.25. The van der Waals surface area contributed by atoms with Crippen LogP contribution in [0.3, 0.4) is 0 Å². The Kier molecular flexibility index (Phi) is 5.43. The second kappa shape index (κ2) is 6.83. The number of nitrogens with zero attached hydrogens (tertiary/aromatic N) is 1. The molecule has 0 radical (unpaired) electrons. The van der Waals surface area contributed by atoms with Crippen molar-refractivity contribution in [2.75, 3.05) is 19.7 Å². The molecule has 0 fully saturated rings. The molecule has 0 saturated carbocycles. The van der Waals surface area contributed by atoms with E-state index in [9.17, 15) is 13.2 Å². The Morgan fingerprint density at radius 3 is 2.47 bits per heavy atom. The highest BCUT2D eigenvalue weighted by Crippen LogP contribution is 2.13. The lowest BCUT2D eigenvalue weighted by Crippen LogP contribution is -2.31. The zero-order chi connectivity index (χ0) is 14.3. The normalized spacial score (nSPS) is 12.5. The van der Waals surface area contributed by atoms with Gasteiger partial charge in [-0.3, -0.25) is 0 Å². The third-order valence-electron chi connectivity index (χ3n) is 2.13. The molecule has 0 aliphatic heterocycles. The lowest BCUT2D eigenvalue weighted by molar-refractivity contribution is -0.124. The third-order valence-corrected chi connectivity index (χ3v) is 2.13. The maximum Gasteiger partial charge on any atom is 0.401 e. The van der Waals surface area contributed by atoms with E-state index in [2.05, 4.69) is 10.5 Å². The van der Waals surface area contributed by atoms with Crippen molar-refractivity contribution < 1.29 is 23.1 Å². The number of nitrogens with two attached hydrogens (primary N) is 1. The molecule has 0 unspecified atom stereocenters. The number of benzene rings is 1. The molecule has 0 amide bonds. The van der Waals surface area contributed by atoms with E-state index in [0.717, 1.165) is 0 Å². The third kappa shape index (κ3) is 5.96. The van der Waals surface area contributed by atoms with Gasteiger partial charge < -0.3 is 21.0 Å². The standard InChI is InChI=1S/C11H14F3N3O2/c12-11(13,14)7-16-5-6-19-9-3-1-8(2-4-9)10(15)17-18/h1-4,16,18H,5-7H2,(H2,15,17). The van der Waals surface area contributed by atoms with Crippen molar-refractivity contribution in [3.63, 3.8) is 0 Å². The molecule has 0 aliphatic carbocycles. The minimum Gasteiger partial charge on any atom is -0.492 e. The molecule has 106 valence electrons. The van der Waals surface area contributed by atoms with E-state index in [0.29, 0.717) is 11.3 Å². The van der Waals surface area contributed by atoms with Crippen molar-refractivity contribution in [2.24, 2.45) is 10.9 Å². The lowest BCUT2D eigenvalue weighted by atomic mass is 10.2. The van der Waals surface area contributed by atoms with Crippen molar-refractivity contribution >= 4 is 5.84 Å². The Morgan fingerprint density at radius 1 is 1.32 bits per heavy atom. The van der Waals surface area contributed by atoms with Crippen LogP contribution in [-0.4, -0.2) is 36.9 Å². The molecule has 0 aromatic heterocycles. The van der Waals surface area contributed by atoms with Crippen LogP contribution in [0.5, 0.6) is 5.75 Å². The van der Waals surface area contributed by atoms with Gasteiger partial charge in [-0.15, -0.1) is 0 Å². The molecule has 1 aromatic carbocycles. The van der Waals surface area contributed by atoms with Gasteiger partial charge in [0.05, 0.1) is 6.54 Å². The van der Waals surface area contributed by atoms with E-state index in [1.165, 1.54) is 0 Å². The quantitative estimate of drug-likeness (QED) is 0.241. The maximum atomic E-state index is 11.8. The molecule has 1 rings (SSSR count). The summed E-state index contributed by atoms with van der Waals surface area (Å²) in [5.41, 5.74) is 5.89. The number of oxime groups is 1. The highest BCUT2D eigenvalue weighted by atomic mass is 19.4. The summed E-state index contributed by atoms with van der Waals surface area (Å²) in [4.78, 5) is 0. The molecule has 5 nitrogen and oxygen atoms in total. The van der Waals surface area contributed by atoms with Crippen molar-refractivity contribution in [3.05, 3.63) is 29.8 Å². The molecule has 1 aromatic rings. The van der Waals surface area contributed by atoms with Crippen LogP contribution in [0.15, 0.2) is 29.4 Å². The smallest absolute Gasteiger partial charge is 0.401 e. The van der Waals surface area contributed by atoms with E-state index in [4.69, 9.17) is 15.7 Å². The molecule has 4 N–H and O–H groups in total. The Labute approximate surface area is 107 Å². The predicted octanol–water partition coefficient (Wildman–Crippen LogP) is 1.31. The highest BCUT2D eigenvalue weighted by molar-refractivity contribution is 5.97. The van der Waals surface area contributed by atoms with Crippen LogP contribution in [-0.2, 0) is 0 Å². The second-order valence-corrected chi connectivity index (χ2v) is 3.65. The topological polar surface area (TPSA) is 79.9 Å². The Balaban J connectivity index is 2.31. The minimum atomic E-state index is -4.22. The number of alkyl halides is 3. The minimum absolute atomic E-state index is 0.0293. The summed E-state index contributed by atoms with van der Waals surface area (Å²) in [5.74, 6) is 0.460. The number of halogens is 3. The summed E-state index contributed by atoms with van der Waals surface area (Å²) in [6, 6.07) is 6.31. The zero-order valence-corrected chi connectivity index (χ0v) is 9.94. The van der Waals surface area contributed by atoms with Gasteiger partial charge in [0.15, 0.2) is 5.84 Å². The van der Waals surface area contributed by atoms with Gasteiger partial charge in [-0.1, -0.05) is 5.16 Å². The van der Waals surface area contributed by atoms with Crippen LogP contribution < -0.4 is 15.8 Å². The van der Waals surface area contributed by atoms with E-state index in [-0.39, 0.29) is 19.0 Å². The first-order chi connectivity index (χ1) is 8.92. The van der Waals surface area contributed by atoms with Gasteiger partial charge in [0, 0.05) is 12.1 Å². The van der Waals surface area contributed by atoms with Crippen LogP contribution >= 0.6 is 0 Å². The van der Waals surface area contributed by atoms with Crippen molar-refractivity contribution in [1.29, 1.82) is 0 Å². The van der Waals surface area contributed by atoms with Gasteiger partial charge in [-0.05, 0) is 24.3 Å². The van der Waals surface area contributed by atoms with Crippen LogP contribution in [0.25, 0.3) is 0 Å². The number of nitrogens with one attached hydrogen (secondary N) is 1. The van der Waals surface area contributed by atoms with E-state index >= 15 is 0 Å². The van der Waals surface area contributed by atoms with Gasteiger partial charge in [0.2, 0.25) is 0 Å². The molecule has 0 heterocycles. The number of rotatable bonds is 6. The summed E-state index contributed by atoms with van der Waals surface area (Å²) in [6.07, 6.45) is -4.22. The number of amidine groups is 1. The van der Waals surface area contributed by atoms with E-state index < -0.39 is 12.7 Å². The van der Waals surface area contributed by atoms with Crippen LogP contribution in [0, 0.1) is 0 Å². The zero-order valence-electron chi connectivity index (χ0n) is 9.94. The first-order valence-corrected chi connectivity index (χ1v) is 5.40. The second-order valence-electron chi connectivity index (χ2n) is 3.65. The molecular formula is C11H14F3N3O2. The average molecular weight is 277 g/mol. The molecule has 0 aliphatic rings. The van der Waals surface area contributed by atoms with Crippen molar-refractivity contribution in [1.82, 2.24) is 5.32 Å². The number of hydrogen-bond acceptors (Lipinski definition) is 4. The van der Waals surface area contributed by atoms with Gasteiger partial charge in [-0.2, -0.15) is 13.2 Å². The number of hydrogen-bond donors (Lipinski definition) is 3. The van der Waals surface area contributed by atoms with Crippen molar-refractivity contribution in [3.8, 4) is 5.75 Å². The van der Waals surface area contributed by atoms with Crippen LogP contribution in [0.2, 0.25) is 0 Å². The van der Waals surface area contributed by atoms with E-state index in [1.807, 2.05) is 0 Å². The average Bonchev–Trinajstić information content (AvgIpc) is 2.37. The fourth-order valence-corrected chi connectivity index (χ4v) is 1.25. The van der Waals surface area contributed by atoms with Crippen LogP contribution in [0.4, 0.5) is 13.2 Å². The maximum absolute atomic E-state index is 11.8. The molecule has 19 heavy (non-hydrogen) atoms. The van der Waals surface area contributed by atoms with Gasteiger partial charge in [0.25, 0.3) is 0 Å². The molecule has 0 saturated heterocycles. The SMILES string of the molecule is NC(=NO)c1ccc(OCCNCC(F)(F)F)cc1. The summed E-state index contributed by atoms with van der Waals surface area (Å²) < 4.78 is 40.7. The van der Waals surface area contributed by atoms with Crippen molar-refractivity contribution in [2.45, 2.75) is 6.18 Å². The predicted molar refractivity (Wildman–Crippen MR) is 63.4 cm³/mol. The van der Waals surface area contributed by atoms with Crippen LogP contribution in [0.1, 0.15) is 5.56 Å². The van der Waals surface area contributed by atoms with Gasteiger partial charge in [0.1, 0.15) is 12.4 Å². The summed E-state index contributed by atoms with van der Waals surface area (Å²) in [5, 5.41) is 13.5. The van der Waals surface area contributed by atoms with E-state index in [1.54, 1.807) is 24.3 Å². The monoisotopic (exact) mass is 277 g/mol. The van der Waals surface area contributed by atoms with Gasteiger partial charge in [-0.25, -0.2) is 0 Å². The Morgan fingerprint density at radius 2 is 1.95 bits per heavy atom. The fourth-order valence-electron chi connectivity index (χ4n) is 1.25. The molecule has 0 bridgehead atoms. The first-order valence-electron chi connectivity index (χ1n) is 5.40. The lowest BCUT2D eigenvalue weighted by Gasteiger charge is -2.09. The fraction of sp³-hybridized carbons (Fsp3) is 0.364.